The van der Waals surface area contributed by atoms with E-state index in [1.54, 1.807) is 19.2 Å². The van der Waals surface area contributed by atoms with E-state index in [-0.39, 0.29) is 17.6 Å². The second-order valence-corrected chi connectivity index (χ2v) is 6.89. The Morgan fingerprint density at radius 2 is 2.04 bits per heavy atom. The van der Waals surface area contributed by atoms with E-state index in [0.29, 0.717) is 18.0 Å². The van der Waals surface area contributed by atoms with E-state index in [1.807, 2.05) is 25.1 Å². The molecule has 0 bridgehead atoms. The van der Waals surface area contributed by atoms with Crippen molar-refractivity contribution >= 4 is 11.6 Å². The summed E-state index contributed by atoms with van der Waals surface area (Å²) in [4.78, 5) is 15.0. The van der Waals surface area contributed by atoms with Gasteiger partial charge in [-0.3, -0.25) is 9.69 Å². The highest BCUT2D eigenvalue weighted by atomic mass is 19.1. The van der Waals surface area contributed by atoms with Gasteiger partial charge in [0.15, 0.2) is 0 Å². The van der Waals surface area contributed by atoms with Crippen molar-refractivity contribution in [3.8, 4) is 5.75 Å². The molecule has 3 rings (SSSR count). The molecule has 2 aromatic carbocycles. The Morgan fingerprint density at radius 3 is 2.77 bits per heavy atom. The van der Waals surface area contributed by atoms with Crippen molar-refractivity contribution in [3.63, 3.8) is 0 Å². The maximum atomic E-state index is 13.1. The number of aryl methyl sites for hydroxylation is 1. The first-order chi connectivity index (χ1) is 12.5. The number of nitrogens with one attached hydrogen (secondary N) is 1. The monoisotopic (exact) mass is 356 g/mol. The molecule has 1 amide bonds. The number of carbonyl (C=O) groups excluding carboxylic acids is 1. The van der Waals surface area contributed by atoms with Crippen LogP contribution in [-0.2, 0) is 11.3 Å². The summed E-state index contributed by atoms with van der Waals surface area (Å²) in [5.74, 6) is 0.409. The molecule has 1 aliphatic heterocycles. The number of halogens is 1. The highest BCUT2D eigenvalue weighted by molar-refractivity contribution is 5.94. The number of piperidine rings is 1. The molecule has 5 heteroatoms. The van der Waals surface area contributed by atoms with Crippen LogP contribution >= 0.6 is 0 Å². The summed E-state index contributed by atoms with van der Waals surface area (Å²) in [7, 11) is 1.60. The number of likely N-dealkylation sites (tertiary alicyclic amines) is 1. The van der Waals surface area contributed by atoms with Crippen LogP contribution in [0.4, 0.5) is 10.1 Å². The molecule has 2 aromatic rings. The second-order valence-electron chi connectivity index (χ2n) is 6.89. The van der Waals surface area contributed by atoms with Gasteiger partial charge in [-0.15, -0.1) is 0 Å². The number of amides is 1. The molecule has 4 nitrogen and oxygen atoms in total. The summed E-state index contributed by atoms with van der Waals surface area (Å²) in [5.41, 5.74) is 2.85. The summed E-state index contributed by atoms with van der Waals surface area (Å²) in [6, 6.07) is 12.3. The van der Waals surface area contributed by atoms with Gasteiger partial charge in [0.25, 0.3) is 0 Å². The normalized spacial score (nSPS) is 17.7. The quantitative estimate of drug-likeness (QED) is 0.881. The van der Waals surface area contributed by atoms with Crippen LogP contribution < -0.4 is 10.1 Å². The third-order valence-electron chi connectivity index (χ3n) is 4.81. The van der Waals surface area contributed by atoms with Gasteiger partial charge in [0, 0.05) is 13.1 Å². The van der Waals surface area contributed by atoms with Crippen LogP contribution in [-0.4, -0.2) is 31.0 Å². The molecule has 138 valence electrons. The van der Waals surface area contributed by atoms with Crippen LogP contribution in [0.3, 0.4) is 0 Å². The Balaban J connectivity index is 1.62. The van der Waals surface area contributed by atoms with Crippen LogP contribution in [0.25, 0.3) is 0 Å². The van der Waals surface area contributed by atoms with Crippen LogP contribution in [0.15, 0.2) is 42.5 Å². The average molecular weight is 356 g/mol. The lowest BCUT2D eigenvalue weighted by molar-refractivity contribution is -0.121. The third kappa shape index (κ3) is 4.61. The van der Waals surface area contributed by atoms with Gasteiger partial charge in [0.2, 0.25) is 5.91 Å². The van der Waals surface area contributed by atoms with Crippen molar-refractivity contribution in [2.45, 2.75) is 26.3 Å². The second kappa shape index (κ2) is 8.32. The van der Waals surface area contributed by atoms with E-state index in [2.05, 4.69) is 10.2 Å². The minimum atomic E-state index is -0.225. The average Bonchev–Trinajstić information content (AvgIpc) is 2.64. The first-order valence-electron chi connectivity index (χ1n) is 8.97. The lowest BCUT2D eigenvalue weighted by atomic mass is 9.96. The van der Waals surface area contributed by atoms with Gasteiger partial charge in [0.05, 0.1) is 18.7 Å². The fourth-order valence-corrected chi connectivity index (χ4v) is 3.42. The minimum absolute atomic E-state index is 0.0257. The minimum Gasteiger partial charge on any atom is -0.495 e. The smallest absolute Gasteiger partial charge is 0.228 e. The van der Waals surface area contributed by atoms with Gasteiger partial charge in [-0.05, 0) is 61.7 Å². The van der Waals surface area contributed by atoms with Crippen molar-refractivity contribution in [3.05, 3.63) is 59.4 Å². The van der Waals surface area contributed by atoms with E-state index >= 15 is 0 Å². The molecule has 1 fully saturated rings. The molecule has 0 radical (unpaired) electrons. The summed E-state index contributed by atoms with van der Waals surface area (Å²) in [6.45, 7) is 4.38. The fourth-order valence-electron chi connectivity index (χ4n) is 3.42. The zero-order valence-electron chi connectivity index (χ0n) is 15.3. The first kappa shape index (κ1) is 18.4. The number of methoxy groups -OCH3 is 1. The number of ether oxygens (including phenoxy) is 1. The fraction of sp³-hybridized carbons (Fsp3) is 0.381. The number of carbonyl (C=O) groups is 1. The van der Waals surface area contributed by atoms with E-state index in [9.17, 15) is 9.18 Å². The van der Waals surface area contributed by atoms with Crippen molar-refractivity contribution in [1.82, 2.24) is 4.90 Å². The standard InChI is InChI=1S/C21H25FN2O2/c1-15-5-10-20(26-2)19(12-15)23-21(25)17-4-3-11-24(14-17)13-16-6-8-18(22)9-7-16/h5-10,12,17H,3-4,11,13-14H2,1-2H3,(H,23,25). The SMILES string of the molecule is COc1ccc(C)cc1NC(=O)C1CCCN(Cc2ccc(F)cc2)C1. The molecule has 0 aliphatic carbocycles. The number of hydrogen-bond acceptors (Lipinski definition) is 3. The Morgan fingerprint density at radius 1 is 1.27 bits per heavy atom. The van der Waals surface area contributed by atoms with Gasteiger partial charge in [-0.1, -0.05) is 18.2 Å². The van der Waals surface area contributed by atoms with E-state index in [1.165, 1.54) is 12.1 Å². The van der Waals surface area contributed by atoms with Crippen LogP contribution in [0.5, 0.6) is 5.75 Å². The zero-order chi connectivity index (χ0) is 18.5. The van der Waals surface area contributed by atoms with Gasteiger partial charge in [-0.25, -0.2) is 4.39 Å². The maximum Gasteiger partial charge on any atom is 0.228 e. The first-order valence-corrected chi connectivity index (χ1v) is 8.97. The largest absolute Gasteiger partial charge is 0.495 e. The highest BCUT2D eigenvalue weighted by Gasteiger charge is 2.26. The number of nitrogens with zero attached hydrogens (tertiary/aromatic N) is 1. The molecule has 1 unspecified atom stereocenters. The van der Waals surface area contributed by atoms with Crippen molar-refractivity contribution in [2.75, 3.05) is 25.5 Å². The van der Waals surface area contributed by atoms with Crippen LogP contribution in [0.1, 0.15) is 24.0 Å². The maximum absolute atomic E-state index is 13.1. The lowest BCUT2D eigenvalue weighted by Gasteiger charge is -2.32. The molecular formula is C21H25FN2O2. The summed E-state index contributed by atoms with van der Waals surface area (Å²) < 4.78 is 18.4. The number of hydrogen-bond donors (Lipinski definition) is 1. The van der Waals surface area contributed by atoms with E-state index in [0.717, 1.165) is 37.1 Å². The third-order valence-corrected chi connectivity index (χ3v) is 4.81. The molecule has 1 N–H and O–H groups in total. The zero-order valence-corrected chi connectivity index (χ0v) is 15.3. The van der Waals surface area contributed by atoms with Crippen LogP contribution in [0.2, 0.25) is 0 Å². The Kier molecular flexibility index (Phi) is 5.89. The number of benzene rings is 2. The molecule has 0 saturated carbocycles. The van der Waals surface area contributed by atoms with Gasteiger partial charge in [0.1, 0.15) is 11.6 Å². The molecule has 1 heterocycles. The van der Waals surface area contributed by atoms with Gasteiger partial charge < -0.3 is 10.1 Å². The molecule has 1 aliphatic rings. The summed E-state index contributed by atoms with van der Waals surface area (Å²) in [6.07, 6.45) is 1.85. The van der Waals surface area contributed by atoms with Crippen LogP contribution in [0, 0.1) is 18.7 Å². The topological polar surface area (TPSA) is 41.6 Å². The number of anilines is 1. The lowest BCUT2D eigenvalue weighted by Crippen LogP contribution is -2.40. The number of rotatable bonds is 5. The van der Waals surface area contributed by atoms with Gasteiger partial charge >= 0.3 is 0 Å². The molecule has 0 aromatic heterocycles. The molecule has 0 spiro atoms. The predicted molar refractivity (Wildman–Crippen MR) is 101 cm³/mol. The molecule has 1 saturated heterocycles. The van der Waals surface area contributed by atoms with Crippen molar-refractivity contribution in [2.24, 2.45) is 5.92 Å². The Bertz CT molecular complexity index is 761. The van der Waals surface area contributed by atoms with E-state index < -0.39 is 0 Å². The molecule has 1 atom stereocenters. The predicted octanol–water partition coefficient (Wildman–Crippen LogP) is 3.99. The van der Waals surface area contributed by atoms with Crippen molar-refractivity contribution in [1.29, 1.82) is 0 Å². The Hall–Kier alpha value is -2.40. The van der Waals surface area contributed by atoms with E-state index in [4.69, 9.17) is 4.74 Å². The molecule has 26 heavy (non-hydrogen) atoms. The Labute approximate surface area is 154 Å². The van der Waals surface area contributed by atoms with Gasteiger partial charge in [-0.2, -0.15) is 0 Å². The molecular weight excluding hydrogens is 331 g/mol. The highest BCUT2D eigenvalue weighted by Crippen LogP contribution is 2.27. The summed E-state index contributed by atoms with van der Waals surface area (Å²) >= 11 is 0. The van der Waals surface area contributed by atoms with Crippen molar-refractivity contribution < 1.29 is 13.9 Å². The summed E-state index contributed by atoms with van der Waals surface area (Å²) in [5, 5.41) is 3.02.